The summed E-state index contributed by atoms with van der Waals surface area (Å²) in [6.07, 6.45) is -0.120. The molecule has 2 aliphatic carbocycles. The standard InChI is InChI=1S/C25H38O8/c1-12(2)15(26)7-8-23(3)9-10-24(4)14(19(23)28)6-5-13-17-18-22(32-20(17)24)31-11-16(27)25(18,30)33-21(13)29/h12-14,16-18,20-22,27,29-30H,5-11H2,1-4H3/t13-,14+,16+,17-,18?,20-,21-,22-,23+,24+,25-/m0/s1. The van der Waals surface area contributed by atoms with Crippen molar-refractivity contribution in [3.8, 4) is 0 Å². The second kappa shape index (κ2) is 7.80. The number of rotatable bonds is 4. The Balaban J connectivity index is 1.46. The molecule has 0 aromatic carbocycles. The minimum absolute atomic E-state index is 0.0376. The SMILES string of the molecule is CC(C)C(=O)CC[C@]1(C)CC[C@]2(C)[C@H](CC[C@H]3[C@H]4C5[C@@H](OC[C@@H](O)[C@]5(O)O[C@@H]3O)O[C@@H]42)C1=O. The number of carbonyl (C=O) groups is 2. The fourth-order valence-electron chi connectivity index (χ4n) is 7.54. The van der Waals surface area contributed by atoms with Crippen LogP contribution in [0, 0.1) is 40.4 Å². The van der Waals surface area contributed by atoms with Gasteiger partial charge in [0.25, 0.3) is 0 Å². The Labute approximate surface area is 195 Å². The van der Waals surface area contributed by atoms with E-state index in [-0.39, 0.29) is 41.8 Å². The number of hydrogen-bond donors (Lipinski definition) is 3. The van der Waals surface area contributed by atoms with Gasteiger partial charge in [0.1, 0.15) is 17.7 Å². The number of Topliss-reactive ketones (excluding diaryl/α,β-unsaturated/α-hetero) is 2. The van der Waals surface area contributed by atoms with Crippen LogP contribution >= 0.6 is 0 Å². The average Bonchev–Trinajstić information content (AvgIpc) is 3.10. The van der Waals surface area contributed by atoms with Crippen LogP contribution in [0.2, 0.25) is 0 Å². The monoisotopic (exact) mass is 466 g/mol. The fourth-order valence-corrected chi connectivity index (χ4v) is 7.54. The van der Waals surface area contributed by atoms with E-state index < -0.39 is 47.3 Å². The highest BCUT2D eigenvalue weighted by Gasteiger charge is 2.72. The van der Waals surface area contributed by atoms with Gasteiger partial charge in [-0.3, -0.25) is 9.59 Å². The third-order valence-corrected chi connectivity index (χ3v) is 9.81. The van der Waals surface area contributed by atoms with Crippen LogP contribution < -0.4 is 0 Å². The molecule has 0 spiro atoms. The molecule has 11 atom stereocenters. The van der Waals surface area contributed by atoms with Crippen molar-refractivity contribution in [3.05, 3.63) is 0 Å². The maximum atomic E-state index is 13.9. The molecule has 0 radical (unpaired) electrons. The van der Waals surface area contributed by atoms with Gasteiger partial charge in [-0.1, -0.05) is 27.7 Å². The van der Waals surface area contributed by atoms with Crippen molar-refractivity contribution in [2.45, 2.75) is 96.8 Å². The molecule has 0 aromatic heterocycles. The Morgan fingerprint density at radius 2 is 1.91 bits per heavy atom. The minimum atomic E-state index is -1.93. The summed E-state index contributed by atoms with van der Waals surface area (Å²) in [4.78, 5) is 26.2. The molecule has 5 rings (SSSR count). The predicted octanol–water partition coefficient (Wildman–Crippen LogP) is 1.78. The summed E-state index contributed by atoms with van der Waals surface area (Å²) in [5.74, 6) is -3.10. The van der Waals surface area contributed by atoms with Crippen molar-refractivity contribution in [2.24, 2.45) is 40.4 Å². The number of aliphatic hydroxyl groups is 3. The smallest absolute Gasteiger partial charge is 0.205 e. The van der Waals surface area contributed by atoms with Gasteiger partial charge in [-0.15, -0.1) is 0 Å². The molecular weight excluding hydrogens is 428 g/mol. The Morgan fingerprint density at radius 3 is 2.61 bits per heavy atom. The summed E-state index contributed by atoms with van der Waals surface area (Å²) in [6, 6.07) is 0. The summed E-state index contributed by atoms with van der Waals surface area (Å²) in [5, 5.41) is 32.6. The van der Waals surface area contributed by atoms with E-state index in [1.807, 2.05) is 20.8 Å². The lowest BCUT2D eigenvalue weighted by atomic mass is 9.53. The second-order valence-electron chi connectivity index (χ2n) is 12.0. The first-order valence-corrected chi connectivity index (χ1v) is 12.5. The summed E-state index contributed by atoms with van der Waals surface area (Å²) >= 11 is 0. The highest BCUT2D eigenvalue weighted by Crippen LogP contribution is 2.64. The van der Waals surface area contributed by atoms with Crippen LogP contribution in [0.4, 0.5) is 0 Å². The fraction of sp³-hybridized carbons (Fsp3) is 0.920. The lowest BCUT2D eigenvalue weighted by Crippen LogP contribution is -2.67. The van der Waals surface area contributed by atoms with Gasteiger partial charge in [-0.05, 0) is 32.1 Å². The molecule has 8 heteroatoms. The van der Waals surface area contributed by atoms with Gasteiger partial charge in [0.15, 0.2) is 12.6 Å². The van der Waals surface area contributed by atoms with Crippen LogP contribution in [0.3, 0.4) is 0 Å². The molecule has 0 bridgehead atoms. The van der Waals surface area contributed by atoms with Crippen LogP contribution in [0.1, 0.15) is 66.2 Å². The Morgan fingerprint density at radius 1 is 1.18 bits per heavy atom. The zero-order valence-corrected chi connectivity index (χ0v) is 20.0. The van der Waals surface area contributed by atoms with E-state index in [2.05, 4.69) is 6.92 Å². The molecule has 8 nitrogen and oxygen atoms in total. The van der Waals surface area contributed by atoms with Crippen molar-refractivity contribution < 1.29 is 39.1 Å². The molecule has 5 aliphatic rings. The van der Waals surface area contributed by atoms with Crippen LogP contribution in [-0.2, 0) is 23.8 Å². The molecule has 2 saturated carbocycles. The third kappa shape index (κ3) is 3.32. The van der Waals surface area contributed by atoms with Gasteiger partial charge in [0.2, 0.25) is 5.79 Å². The highest BCUT2D eigenvalue weighted by molar-refractivity contribution is 5.89. The third-order valence-electron chi connectivity index (χ3n) is 9.81. The largest absolute Gasteiger partial charge is 0.385 e. The molecule has 3 N–H and O–H groups in total. The number of fused-ring (bicyclic) bond motifs is 2. The van der Waals surface area contributed by atoms with Crippen LogP contribution in [-0.4, -0.2) is 64.1 Å². The lowest BCUT2D eigenvalue weighted by molar-refractivity contribution is -0.414. The number of ether oxygens (including phenoxy) is 3. The van der Waals surface area contributed by atoms with Crippen molar-refractivity contribution >= 4 is 11.6 Å². The maximum absolute atomic E-state index is 13.9. The maximum Gasteiger partial charge on any atom is 0.205 e. The Hall–Kier alpha value is -0.900. The average molecular weight is 467 g/mol. The van der Waals surface area contributed by atoms with Crippen molar-refractivity contribution in [3.63, 3.8) is 0 Å². The van der Waals surface area contributed by atoms with E-state index in [1.165, 1.54) is 0 Å². The normalized spacial score (nSPS) is 53.4. The number of ketones is 2. The summed E-state index contributed by atoms with van der Waals surface area (Å²) < 4.78 is 17.8. The van der Waals surface area contributed by atoms with Crippen molar-refractivity contribution in [1.29, 1.82) is 0 Å². The van der Waals surface area contributed by atoms with E-state index in [0.29, 0.717) is 32.1 Å². The first-order chi connectivity index (χ1) is 15.4. The molecule has 0 aromatic rings. The molecule has 3 saturated heterocycles. The molecule has 186 valence electrons. The van der Waals surface area contributed by atoms with Gasteiger partial charge in [-0.25, -0.2) is 0 Å². The molecule has 5 fully saturated rings. The minimum Gasteiger partial charge on any atom is -0.385 e. The molecule has 3 aliphatic heterocycles. The molecule has 33 heavy (non-hydrogen) atoms. The first kappa shape index (κ1) is 23.8. The van der Waals surface area contributed by atoms with Crippen LogP contribution in [0.5, 0.6) is 0 Å². The Kier molecular flexibility index (Phi) is 5.63. The van der Waals surface area contributed by atoms with E-state index in [9.17, 15) is 24.9 Å². The highest BCUT2D eigenvalue weighted by atomic mass is 16.7. The van der Waals surface area contributed by atoms with Gasteiger partial charge in [-0.2, -0.15) is 0 Å². The number of hydrogen-bond acceptors (Lipinski definition) is 8. The van der Waals surface area contributed by atoms with Crippen molar-refractivity contribution in [2.75, 3.05) is 6.61 Å². The second-order valence-corrected chi connectivity index (χ2v) is 12.0. The van der Waals surface area contributed by atoms with Crippen molar-refractivity contribution in [1.82, 2.24) is 0 Å². The quantitative estimate of drug-likeness (QED) is 0.573. The molecular formula is C25H38O8. The molecule has 0 amide bonds. The predicted molar refractivity (Wildman–Crippen MR) is 115 cm³/mol. The van der Waals surface area contributed by atoms with Crippen LogP contribution in [0.15, 0.2) is 0 Å². The number of carbonyl (C=O) groups excluding carboxylic acids is 2. The van der Waals surface area contributed by atoms with E-state index in [4.69, 9.17) is 14.2 Å². The summed E-state index contributed by atoms with van der Waals surface area (Å²) in [6.45, 7) is 7.72. The lowest BCUT2D eigenvalue weighted by Gasteiger charge is -2.53. The van der Waals surface area contributed by atoms with Gasteiger partial charge in [0.05, 0.1) is 18.6 Å². The van der Waals surface area contributed by atoms with Gasteiger partial charge < -0.3 is 29.5 Å². The molecule has 1 unspecified atom stereocenters. The zero-order valence-electron chi connectivity index (χ0n) is 20.0. The zero-order chi connectivity index (χ0) is 23.9. The topological polar surface area (TPSA) is 123 Å². The number of aliphatic hydroxyl groups excluding tert-OH is 2. The Bertz CT molecular complexity index is 829. The van der Waals surface area contributed by atoms with E-state index in [1.54, 1.807) is 0 Å². The van der Waals surface area contributed by atoms with Crippen LogP contribution in [0.25, 0.3) is 0 Å². The first-order valence-electron chi connectivity index (χ1n) is 12.5. The van der Waals surface area contributed by atoms with E-state index >= 15 is 0 Å². The van der Waals surface area contributed by atoms with E-state index in [0.717, 1.165) is 6.42 Å². The molecule has 3 heterocycles. The van der Waals surface area contributed by atoms with Gasteiger partial charge >= 0.3 is 0 Å². The summed E-state index contributed by atoms with van der Waals surface area (Å²) in [5.41, 5.74) is -1.04. The summed E-state index contributed by atoms with van der Waals surface area (Å²) in [7, 11) is 0. The van der Waals surface area contributed by atoms with Gasteiger partial charge in [0, 0.05) is 40.9 Å².